The van der Waals surface area contributed by atoms with E-state index in [2.05, 4.69) is 15.5 Å². The maximum atomic E-state index is 11.9. The van der Waals surface area contributed by atoms with E-state index in [9.17, 15) is 9.59 Å². The highest BCUT2D eigenvalue weighted by Gasteiger charge is 2.11. The molecule has 0 saturated carbocycles. The molecule has 24 heavy (non-hydrogen) atoms. The van der Waals surface area contributed by atoms with Gasteiger partial charge in [0.15, 0.2) is 12.4 Å². The molecule has 6 heteroatoms. The number of aryl methyl sites for hydroxylation is 1. The number of ether oxygens (including phenoxy) is 1. The highest BCUT2D eigenvalue weighted by atomic mass is 16.5. The van der Waals surface area contributed by atoms with E-state index in [-0.39, 0.29) is 24.3 Å². The molecular weight excluding hydrogens is 306 g/mol. The molecule has 2 rings (SSSR count). The number of amides is 1. The number of benzene rings is 1. The van der Waals surface area contributed by atoms with Gasteiger partial charge in [-0.05, 0) is 44.2 Å². The SMILES string of the molecule is CCC(=O)c1ccc(OCC(=O)NC(C)Cc2cc(C)[nH]n2)cc1. The van der Waals surface area contributed by atoms with Gasteiger partial charge in [-0.1, -0.05) is 6.92 Å². The molecule has 2 N–H and O–H groups in total. The van der Waals surface area contributed by atoms with Crippen molar-refractivity contribution in [1.29, 1.82) is 0 Å². The third kappa shape index (κ3) is 5.22. The molecule has 6 nitrogen and oxygen atoms in total. The number of rotatable bonds is 8. The van der Waals surface area contributed by atoms with Crippen molar-refractivity contribution >= 4 is 11.7 Å². The number of carbonyl (C=O) groups is 2. The highest BCUT2D eigenvalue weighted by Crippen LogP contribution is 2.13. The minimum absolute atomic E-state index is 0.0339. The molecule has 1 atom stereocenters. The molecule has 1 aromatic heterocycles. The van der Waals surface area contributed by atoms with Crippen molar-refractivity contribution < 1.29 is 14.3 Å². The lowest BCUT2D eigenvalue weighted by molar-refractivity contribution is -0.123. The Bertz CT molecular complexity index is 692. The zero-order valence-electron chi connectivity index (χ0n) is 14.3. The normalized spacial score (nSPS) is 11.8. The molecule has 0 bridgehead atoms. The number of ketones is 1. The smallest absolute Gasteiger partial charge is 0.258 e. The van der Waals surface area contributed by atoms with Crippen LogP contribution in [0.4, 0.5) is 0 Å². The number of H-pyrrole nitrogens is 1. The fourth-order valence-electron chi connectivity index (χ4n) is 2.35. The van der Waals surface area contributed by atoms with Gasteiger partial charge >= 0.3 is 0 Å². The maximum Gasteiger partial charge on any atom is 0.258 e. The molecule has 1 aromatic carbocycles. The minimum atomic E-state index is -0.191. The molecule has 2 aromatic rings. The predicted molar refractivity (Wildman–Crippen MR) is 91.2 cm³/mol. The summed E-state index contributed by atoms with van der Waals surface area (Å²) in [7, 11) is 0. The maximum absolute atomic E-state index is 11.9. The number of aromatic amines is 1. The summed E-state index contributed by atoms with van der Waals surface area (Å²) in [4.78, 5) is 23.5. The molecule has 0 aliphatic carbocycles. The first kappa shape index (κ1) is 17.7. The lowest BCUT2D eigenvalue weighted by Crippen LogP contribution is -2.37. The summed E-state index contributed by atoms with van der Waals surface area (Å²) in [6, 6.07) is 8.74. The Hall–Kier alpha value is -2.63. The van der Waals surface area contributed by atoms with Crippen molar-refractivity contribution in [3.63, 3.8) is 0 Å². The molecule has 0 aliphatic heterocycles. The van der Waals surface area contributed by atoms with Crippen LogP contribution in [0.15, 0.2) is 30.3 Å². The summed E-state index contributed by atoms with van der Waals surface area (Å²) >= 11 is 0. The Labute approximate surface area is 141 Å². The van der Waals surface area contributed by atoms with Gasteiger partial charge in [0.1, 0.15) is 5.75 Å². The Morgan fingerprint density at radius 2 is 2.00 bits per heavy atom. The minimum Gasteiger partial charge on any atom is -0.484 e. The first-order chi connectivity index (χ1) is 11.5. The number of nitrogens with one attached hydrogen (secondary N) is 2. The first-order valence-corrected chi connectivity index (χ1v) is 8.04. The summed E-state index contributed by atoms with van der Waals surface area (Å²) in [5, 5.41) is 9.90. The lowest BCUT2D eigenvalue weighted by Gasteiger charge is -2.13. The van der Waals surface area contributed by atoms with E-state index < -0.39 is 0 Å². The monoisotopic (exact) mass is 329 g/mol. The summed E-state index contributed by atoms with van der Waals surface area (Å²) in [5.41, 5.74) is 2.56. The zero-order valence-corrected chi connectivity index (χ0v) is 14.3. The Kier molecular flexibility index (Phi) is 6.12. The number of aromatic nitrogens is 2. The van der Waals surface area contributed by atoms with E-state index in [1.54, 1.807) is 24.3 Å². The fraction of sp³-hybridized carbons (Fsp3) is 0.389. The highest BCUT2D eigenvalue weighted by molar-refractivity contribution is 5.95. The van der Waals surface area contributed by atoms with Crippen molar-refractivity contribution in [3.05, 3.63) is 47.3 Å². The molecule has 1 unspecified atom stereocenters. The standard InChI is InChI=1S/C18H23N3O3/c1-4-17(22)14-5-7-16(8-6-14)24-11-18(23)19-12(2)9-15-10-13(3)20-21-15/h5-8,10,12H,4,9,11H2,1-3H3,(H,19,23)(H,20,21). The van der Waals surface area contributed by atoms with Gasteiger partial charge in [0.25, 0.3) is 5.91 Å². The van der Waals surface area contributed by atoms with Gasteiger partial charge in [-0.15, -0.1) is 0 Å². The molecule has 0 spiro atoms. The molecule has 0 radical (unpaired) electrons. The van der Waals surface area contributed by atoms with Crippen molar-refractivity contribution in [2.75, 3.05) is 6.61 Å². The van der Waals surface area contributed by atoms with Crippen LogP contribution in [0.25, 0.3) is 0 Å². The average Bonchev–Trinajstić information content (AvgIpc) is 2.97. The predicted octanol–water partition coefficient (Wildman–Crippen LogP) is 2.44. The van der Waals surface area contributed by atoms with Crippen LogP contribution < -0.4 is 10.1 Å². The van der Waals surface area contributed by atoms with E-state index in [0.29, 0.717) is 24.2 Å². The molecule has 0 saturated heterocycles. The third-order valence-corrected chi connectivity index (χ3v) is 3.55. The summed E-state index contributed by atoms with van der Waals surface area (Å²) in [6.07, 6.45) is 1.12. The Balaban J connectivity index is 1.77. The summed E-state index contributed by atoms with van der Waals surface area (Å²) < 4.78 is 5.45. The molecule has 128 valence electrons. The third-order valence-electron chi connectivity index (χ3n) is 3.55. The van der Waals surface area contributed by atoms with Crippen LogP contribution in [0, 0.1) is 6.92 Å². The summed E-state index contributed by atoms with van der Waals surface area (Å²) in [6.45, 7) is 5.62. The van der Waals surface area contributed by atoms with E-state index >= 15 is 0 Å². The molecule has 1 amide bonds. The van der Waals surface area contributed by atoms with Crippen LogP contribution >= 0.6 is 0 Å². The second-order valence-corrected chi connectivity index (χ2v) is 5.80. The molecule has 0 fully saturated rings. The number of hydrogen-bond acceptors (Lipinski definition) is 4. The van der Waals surface area contributed by atoms with Crippen LogP contribution in [0.2, 0.25) is 0 Å². The van der Waals surface area contributed by atoms with Gasteiger partial charge in [-0.3, -0.25) is 14.7 Å². The van der Waals surface area contributed by atoms with Crippen LogP contribution in [0.1, 0.15) is 42.0 Å². The van der Waals surface area contributed by atoms with Crippen LogP contribution in [0.5, 0.6) is 5.75 Å². The number of Topliss-reactive ketones (excluding diaryl/α,β-unsaturated/α-hetero) is 1. The molecule has 0 aliphatic rings. The molecule has 1 heterocycles. The zero-order chi connectivity index (χ0) is 17.5. The lowest BCUT2D eigenvalue weighted by atomic mass is 10.1. The Morgan fingerprint density at radius 3 is 2.58 bits per heavy atom. The average molecular weight is 329 g/mol. The first-order valence-electron chi connectivity index (χ1n) is 8.04. The second-order valence-electron chi connectivity index (χ2n) is 5.80. The fourth-order valence-corrected chi connectivity index (χ4v) is 2.35. The van der Waals surface area contributed by atoms with Crippen LogP contribution in [0.3, 0.4) is 0 Å². The van der Waals surface area contributed by atoms with Gasteiger partial charge < -0.3 is 10.1 Å². The van der Waals surface area contributed by atoms with Gasteiger partial charge in [0, 0.05) is 30.1 Å². The van der Waals surface area contributed by atoms with Crippen molar-refractivity contribution in [1.82, 2.24) is 15.5 Å². The van der Waals surface area contributed by atoms with E-state index in [1.807, 2.05) is 26.8 Å². The van der Waals surface area contributed by atoms with Gasteiger partial charge in [0.05, 0.1) is 5.69 Å². The summed E-state index contributed by atoms with van der Waals surface area (Å²) in [5.74, 6) is 0.457. The number of hydrogen-bond donors (Lipinski definition) is 2. The van der Waals surface area contributed by atoms with Crippen LogP contribution in [-0.4, -0.2) is 34.5 Å². The van der Waals surface area contributed by atoms with Gasteiger partial charge in [-0.25, -0.2) is 0 Å². The quantitative estimate of drug-likeness (QED) is 0.729. The van der Waals surface area contributed by atoms with E-state index in [0.717, 1.165) is 11.4 Å². The van der Waals surface area contributed by atoms with E-state index in [1.165, 1.54) is 0 Å². The molecular formula is C18H23N3O3. The number of nitrogens with zero attached hydrogens (tertiary/aromatic N) is 1. The number of carbonyl (C=O) groups excluding carboxylic acids is 2. The van der Waals surface area contributed by atoms with Gasteiger partial charge in [-0.2, -0.15) is 5.10 Å². The van der Waals surface area contributed by atoms with Crippen LogP contribution in [-0.2, 0) is 11.2 Å². The Morgan fingerprint density at radius 1 is 1.29 bits per heavy atom. The largest absolute Gasteiger partial charge is 0.484 e. The van der Waals surface area contributed by atoms with Crippen molar-refractivity contribution in [3.8, 4) is 5.75 Å². The van der Waals surface area contributed by atoms with Crippen molar-refractivity contribution in [2.45, 2.75) is 39.7 Å². The second kappa shape index (κ2) is 8.29. The van der Waals surface area contributed by atoms with Crippen molar-refractivity contribution in [2.24, 2.45) is 0 Å². The van der Waals surface area contributed by atoms with E-state index in [4.69, 9.17) is 4.74 Å². The van der Waals surface area contributed by atoms with Gasteiger partial charge in [0.2, 0.25) is 0 Å². The topological polar surface area (TPSA) is 84.1 Å².